The second-order valence-corrected chi connectivity index (χ2v) is 5.88. The average Bonchev–Trinajstić information content (AvgIpc) is 3.28. The maximum Gasteiger partial charge on any atom is 0.251 e. The van der Waals surface area contributed by atoms with E-state index in [4.69, 9.17) is 16.0 Å². The SMILES string of the molecule is O=C(NCc1ccco1)c1ccn2c(-c3cccc(Cl)c3)nnc2c1. The number of benzene rings is 1. The maximum absolute atomic E-state index is 12.3. The first-order valence-electron chi connectivity index (χ1n) is 7.62. The first-order valence-corrected chi connectivity index (χ1v) is 8.00. The summed E-state index contributed by atoms with van der Waals surface area (Å²) in [5.41, 5.74) is 1.94. The average molecular weight is 353 g/mol. The molecular weight excluding hydrogens is 340 g/mol. The van der Waals surface area contributed by atoms with E-state index in [2.05, 4.69) is 15.5 Å². The van der Waals surface area contributed by atoms with Crippen molar-refractivity contribution in [2.75, 3.05) is 0 Å². The Morgan fingerprint density at radius 2 is 2.08 bits per heavy atom. The summed E-state index contributed by atoms with van der Waals surface area (Å²) < 4.78 is 7.01. The van der Waals surface area contributed by atoms with Gasteiger partial charge in [0.1, 0.15) is 5.76 Å². The lowest BCUT2D eigenvalue weighted by atomic mass is 10.2. The Labute approximate surface area is 148 Å². The molecule has 0 aliphatic heterocycles. The highest BCUT2D eigenvalue weighted by molar-refractivity contribution is 6.30. The molecule has 1 N–H and O–H groups in total. The number of hydrogen-bond acceptors (Lipinski definition) is 4. The second-order valence-electron chi connectivity index (χ2n) is 5.44. The molecule has 0 aliphatic rings. The molecule has 3 aromatic heterocycles. The zero-order chi connectivity index (χ0) is 17.2. The van der Waals surface area contributed by atoms with Crippen molar-refractivity contribution in [3.63, 3.8) is 0 Å². The van der Waals surface area contributed by atoms with Crippen molar-refractivity contribution in [2.24, 2.45) is 0 Å². The number of halogens is 1. The van der Waals surface area contributed by atoms with E-state index in [1.165, 1.54) is 0 Å². The van der Waals surface area contributed by atoms with E-state index < -0.39 is 0 Å². The molecule has 0 bridgehead atoms. The molecule has 1 aromatic carbocycles. The Morgan fingerprint density at radius 1 is 1.16 bits per heavy atom. The van der Waals surface area contributed by atoms with Crippen molar-refractivity contribution >= 4 is 23.2 Å². The number of fused-ring (bicyclic) bond motifs is 1. The number of carbonyl (C=O) groups is 1. The van der Waals surface area contributed by atoms with Gasteiger partial charge in [-0.25, -0.2) is 0 Å². The molecule has 0 saturated heterocycles. The van der Waals surface area contributed by atoms with Crippen LogP contribution >= 0.6 is 11.6 Å². The lowest BCUT2D eigenvalue weighted by Gasteiger charge is -2.05. The quantitative estimate of drug-likeness (QED) is 0.609. The highest BCUT2D eigenvalue weighted by atomic mass is 35.5. The van der Waals surface area contributed by atoms with E-state index in [0.29, 0.717) is 34.4 Å². The predicted molar refractivity (Wildman–Crippen MR) is 93.3 cm³/mol. The monoisotopic (exact) mass is 352 g/mol. The van der Waals surface area contributed by atoms with E-state index in [-0.39, 0.29) is 5.91 Å². The molecule has 7 heteroatoms. The van der Waals surface area contributed by atoms with Gasteiger partial charge in [-0.3, -0.25) is 9.20 Å². The van der Waals surface area contributed by atoms with Gasteiger partial charge in [-0.15, -0.1) is 10.2 Å². The van der Waals surface area contributed by atoms with Gasteiger partial charge in [-0.1, -0.05) is 23.7 Å². The summed E-state index contributed by atoms with van der Waals surface area (Å²) in [5.74, 6) is 1.16. The van der Waals surface area contributed by atoms with E-state index in [1.54, 1.807) is 42.8 Å². The lowest BCUT2D eigenvalue weighted by molar-refractivity contribution is 0.0948. The second kappa shape index (κ2) is 6.41. The van der Waals surface area contributed by atoms with Crippen LogP contribution in [0.1, 0.15) is 16.1 Å². The fourth-order valence-corrected chi connectivity index (χ4v) is 2.73. The minimum absolute atomic E-state index is 0.203. The molecule has 6 nitrogen and oxygen atoms in total. The van der Waals surface area contributed by atoms with Crippen molar-refractivity contribution in [3.05, 3.63) is 77.3 Å². The van der Waals surface area contributed by atoms with E-state index >= 15 is 0 Å². The van der Waals surface area contributed by atoms with Gasteiger partial charge in [-0.05, 0) is 36.4 Å². The molecule has 0 atom stereocenters. The standard InChI is InChI=1S/C18H13ClN4O2/c19-14-4-1-3-12(9-14)17-22-21-16-10-13(6-7-23(16)17)18(24)20-11-15-5-2-8-25-15/h1-10H,11H2,(H,20,24). The Hall–Kier alpha value is -3.12. The fraction of sp³-hybridized carbons (Fsp3) is 0.0556. The molecule has 124 valence electrons. The summed E-state index contributed by atoms with van der Waals surface area (Å²) in [5, 5.41) is 11.8. The molecule has 4 rings (SSSR count). The third-order valence-electron chi connectivity index (χ3n) is 3.76. The van der Waals surface area contributed by atoms with E-state index in [1.807, 2.05) is 22.6 Å². The van der Waals surface area contributed by atoms with Crippen LogP contribution < -0.4 is 5.32 Å². The summed E-state index contributed by atoms with van der Waals surface area (Å²) in [6, 6.07) is 14.4. The number of pyridine rings is 1. The molecule has 4 aromatic rings. The van der Waals surface area contributed by atoms with Gasteiger partial charge in [0.2, 0.25) is 0 Å². The molecule has 0 spiro atoms. The summed E-state index contributed by atoms with van der Waals surface area (Å²) >= 11 is 6.04. The molecule has 0 saturated carbocycles. The first-order chi connectivity index (χ1) is 12.2. The highest BCUT2D eigenvalue weighted by Crippen LogP contribution is 2.22. The number of carbonyl (C=O) groups excluding carboxylic acids is 1. The topological polar surface area (TPSA) is 72.4 Å². The largest absolute Gasteiger partial charge is 0.467 e. The zero-order valence-electron chi connectivity index (χ0n) is 13.0. The number of rotatable bonds is 4. The van der Waals surface area contributed by atoms with E-state index in [9.17, 15) is 4.79 Å². The fourth-order valence-electron chi connectivity index (χ4n) is 2.54. The van der Waals surface area contributed by atoms with Crippen LogP contribution in [0.5, 0.6) is 0 Å². The van der Waals surface area contributed by atoms with Crippen LogP contribution in [0.2, 0.25) is 5.02 Å². The van der Waals surface area contributed by atoms with Crippen molar-refractivity contribution in [3.8, 4) is 11.4 Å². The molecule has 0 radical (unpaired) electrons. The van der Waals surface area contributed by atoms with Crippen LogP contribution in [0.15, 0.2) is 65.4 Å². The summed E-state index contributed by atoms with van der Waals surface area (Å²) in [6.07, 6.45) is 3.34. The molecule has 0 aliphatic carbocycles. The lowest BCUT2D eigenvalue weighted by Crippen LogP contribution is -2.22. The number of aromatic nitrogens is 3. The number of nitrogens with zero attached hydrogens (tertiary/aromatic N) is 3. The van der Waals surface area contributed by atoms with Crippen LogP contribution in [0.3, 0.4) is 0 Å². The zero-order valence-corrected chi connectivity index (χ0v) is 13.8. The van der Waals surface area contributed by atoms with Crippen molar-refractivity contribution in [1.82, 2.24) is 19.9 Å². The van der Waals surface area contributed by atoms with Gasteiger partial charge in [-0.2, -0.15) is 0 Å². The molecular formula is C18H13ClN4O2. The summed E-state index contributed by atoms with van der Waals surface area (Å²) in [4.78, 5) is 12.3. The van der Waals surface area contributed by atoms with Crippen molar-refractivity contribution < 1.29 is 9.21 Å². The molecule has 3 heterocycles. The summed E-state index contributed by atoms with van der Waals surface area (Å²) in [6.45, 7) is 0.331. The van der Waals surface area contributed by atoms with Gasteiger partial charge in [0.05, 0.1) is 12.8 Å². The Morgan fingerprint density at radius 3 is 2.88 bits per heavy atom. The molecule has 1 amide bonds. The predicted octanol–water partition coefficient (Wildman–Crippen LogP) is 3.57. The van der Waals surface area contributed by atoms with Crippen molar-refractivity contribution in [1.29, 1.82) is 0 Å². The summed E-state index contributed by atoms with van der Waals surface area (Å²) in [7, 11) is 0. The Balaban J connectivity index is 1.60. The Bertz CT molecular complexity index is 1040. The van der Waals surface area contributed by atoms with Crippen LogP contribution in [0.25, 0.3) is 17.0 Å². The van der Waals surface area contributed by atoms with Crippen molar-refractivity contribution in [2.45, 2.75) is 6.54 Å². The number of amides is 1. The smallest absolute Gasteiger partial charge is 0.251 e. The normalized spacial score (nSPS) is 10.9. The minimum Gasteiger partial charge on any atom is -0.467 e. The van der Waals surface area contributed by atoms with Gasteiger partial charge in [0.15, 0.2) is 11.5 Å². The third-order valence-corrected chi connectivity index (χ3v) is 3.99. The molecule has 0 unspecified atom stereocenters. The van der Waals surface area contributed by atoms with Gasteiger partial charge in [0, 0.05) is 22.3 Å². The highest BCUT2D eigenvalue weighted by Gasteiger charge is 2.12. The van der Waals surface area contributed by atoms with Gasteiger partial charge >= 0.3 is 0 Å². The van der Waals surface area contributed by atoms with Gasteiger partial charge in [0.25, 0.3) is 5.91 Å². The van der Waals surface area contributed by atoms with E-state index in [0.717, 1.165) is 5.56 Å². The van der Waals surface area contributed by atoms with Crippen LogP contribution in [-0.4, -0.2) is 20.5 Å². The molecule has 25 heavy (non-hydrogen) atoms. The van der Waals surface area contributed by atoms with Gasteiger partial charge < -0.3 is 9.73 Å². The Kier molecular flexibility index (Phi) is 3.95. The third kappa shape index (κ3) is 3.12. The van der Waals surface area contributed by atoms with Crippen LogP contribution in [0.4, 0.5) is 0 Å². The number of furan rings is 1. The van der Waals surface area contributed by atoms with Crippen LogP contribution in [0, 0.1) is 0 Å². The minimum atomic E-state index is -0.203. The number of nitrogens with one attached hydrogen (secondary N) is 1. The number of hydrogen-bond donors (Lipinski definition) is 1. The maximum atomic E-state index is 12.3. The van der Waals surface area contributed by atoms with Crippen LogP contribution in [-0.2, 0) is 6.54 Å². The first kappa shape index (κ1) is 15.4. The molecule has 0 fully saturated rings.